The summed E-state index contributed by atoms with van der Waals surface area (Å²) in [6.07, 6.45) is 0.775. The van der Waals surface area contributed by atoms with Gasteiger partial charge >= 0.3 is 0 Å². The first-order valence-corrected chi connectivity index (χ1v) is 6.24. The van der Waals surface area contributed by atoms with Crippen molar-refractivity contribution in [3.63, 3.8) is 0 Å². The molecule has 2 nitrogen and oxygen atoms in total. The predicted octanol–water partition coefficient (Wildman–Crippen LogP) is 2.95. The van der Waals surface area contributed by atoms with Crippen LogP contribution in [-0.4, -0.2) is 17.5 Å². The Balaban J connectivity index is 4.29. The molecule has 0 aromatic carbocycles. The number of nitriles is 2. The van der Waals surface area contributed by atoms with E-state index in [0.29, 0.717) is 11.3 Å². The zero-order valence-corrected chi connectivity index (χ0v) is 9.68. The summed E-state index contributed by atoms with van der Waals surface area (Å²) < 4.78 is 0. The summed E-state index contributed by atoms with van der Waals surface area (Å²) in [7, 11) is -0.175. The third-order valence-electron chi connectivity index (χ3n) is 2.03. The highest BCUT2D eigenvalue weighted by atomic mass is 31.1. The van der Waals surface area contributed by atoms with Gasteiger partial charge in [0.05, 0.1) is 12.1 Å². The van der Waals surface area contributed by atoms with Crippen molar-refractivity contribution >= 4 is 7.92 Å². The van der Waals surface area contributed by atoms with E-state index in [4.69, 9.17) is 10.5 Å². The Morgan fingerprint density at radius 2 is 1.38 bits per heavy atom. The normalized spacial score (nSPS) is 10.9. The van der Waals surface area contributed by atoms with Gasteiger partial charge in [0, 0.05) is 0 Å². The molecule has 0 N–H and O–H groups in total. The summed E-state index contributed by atoms with van der Waals surface area (Å²) in [5.74, 6) is -0.407. The zero-order valence-electron chi connectivity index (χ0n) is 8.78. The van der Waals surface area contributed by atoms with Gasteiger partial charge in [0.1, 0.15) is 5.92 Å². The number of nitrogens with zero attached hydrogens (tertiary/aromatic N) is 2. The number of rotatable bonds is 4. The van der Waals surface area contributed by atoms with Gasteiger partial charge in [0.15, 0.2) is 0 Å². The Labute approximate surface area is 82.3 Å². The van der Waals surface area contributed by atoms with Crippen LogP contribution in [0, 0.1) is 28.6 Å². The van der Waals surface area contributed by atoms with Crippen LogP contribution >= 0.6 is 7.92 Å². The minimum atomic E-state index is -0.407. The van der Waals surface area contributed by atoms with Crippen LogP contribution in [0.2, 0.25) is 0 Å². The summed E-state index contributed by atoms with van der Waals surface area (Å²) in [5.41, 5.74) is 1.22. The number of hydrogen-bond donors (Lipinski definition) is 0. The molecule has 0 radical (unpaired) electrons. The van der Waals surface area contributed by atoms with Crippen molar-refractivity contribution in [1.82, 2.24) is 0 Å². The predicted molar refractivity (Wildman–Crippen MR) is 56.8 cm³/mol. The fourth-order valence-corrected chi connectivity index (χ4v) is 3.96. The molecule has 0 atom stereocenters. The molecule has 0 fully saturated rings. The third kappa shape index (κ3) is 4.25. The molecule has 0 saturated carbocycles. The first-order chi connectivity index (χ1) is 6.02. The lowest BCUT2D eigenvalue weighted by molar-refractivity contribution is 0.927. The molecular formula is C10H17N2P. The highest BCUT2D eigenvalue weighted by Crippen LogP contribution is 2.47. The molecule has 0 rings (SSSR count). The van der Waals surface area contributed by atoms with Gasteiger partial charge in [-0.1, -0.05) is 35.6 Å². The van der Waals surface area contributed by atoms with Crippen molar-refractivity contribution in [3.8, 4) is 12.1 Å². The lowest BCUT2D eigenvalue weighted by Gasteiger charge is -2.25. The first kappa shape index (κ1) is 12.4. The van der Waals surface area contributed by atoms with Crippen LogP contribution < -0.4 is 0 Å². The molecule has 0 heterocycles. The summed E-state index contributed by atoms with van der Waals surface area (Å²) in [4.78, 5) is 0. The highest BCUT2D eigenvalue weighted by molar-refractivity contribution is 7.59. The average Bonchev–Trinajstić information content (AvgIpc) is 2.05. The second kappa shape index (κ2) is 5.95. The topological polar surface area (TPSA) is 47.6 Å². The fourth-order valence-electron chi connectivity index (χ4n) is 1.34. The summed E-state index contributed by atoms with van der Waals surface area (Å²) in [6, 6.07) is 4.09. The van der Waals surface area contributed by atoms with Gasteiger partial charge in [-0.3, -0.25) is 0 Å². The van der Waals surface area contributed by atoms with Crippen molar-refractivity contribution in [2.45, 2.75) is 39.0 Å². The average molecular weight is 196 g/mol. The molecule has 72 valence electrons. The minimum Gasteiger partial charge on any atom is -0.197 e. The van der Waals surface area contributed by atoms with E-state index < -0.39 is 5.92 Å². The van der Waals surface area contributed by atoms with Crippen LogP contribution in [0.5, 0.6) is 0 Å². The third-order valence-corrected chi connectivity index (χ3v) is 5.47. The van der Waals surface area contributed by atoms with Crippen molar-refractivity contribution in [2.24, 2.45) is 5.92 Å². The van der Waals surface area contributed by atoms with Crippen molar-refractivity contribution in [2.75, 3.05) is 6.16 Å². The molecule has 0 unspecified atom stereocenters. The van der Waals surface area contributed by atoms with E-state index in [0.717, 1.165) is 6.16 Å². The lowest BCUT2D eigenvalue weighted by Crippen LogP contribution is -2.11. The van der Waals surface area contributed by atoms with Crippen molar-refractivity contribution in [3.05, 3.63) is 0 Å². The van der Waals surface area contributed by atoms with Crippen LogP contribution in [0.1, 0.15) is 27.7 Å². The van der Waals surface area contributed by atoms with E-state index >= 15 is 0 Å². The van der Waals surface area contributed by atoms with Crippen LogP contribution in [0.15, 0.2) is 0 Å². The van der Waals surface area contributed by atoms with E-state index in [1.807, 2.05) is 12.1 Å². The largest absolute Gasteiger partial charge is 0.197 e. The second-order valence-corrected chi connectivity index (χ2v) is 7.15. The van der Waals surface area contributed by atoms with Crippen LogP contribution in [-0.2, 0) is 0 Å². The SMILES string of the molecule is CC(C)P(CC(C#N)C#N)C(C)C. The summed E-state index contributed by atoms with van der Waals surface area (Å²) >= 11 is 0. The molecule has 0 aromatic heterocycles. The maximum Gasteiger partial charge on any atom is 0.137 e. The molecule has 0 aromatic rings. The van der Waals surface area contributed by atoms with Crippen LogP contribution in [0.25, 0.3) is 0 Å². The highest BCUT2D eigenvalue weighted by Gasteiger charge is 2.20. The molecule has 0 saturated heterocycles. The van der Waals surface area contributed by atoms with Crippen molar-refractivity contribution < 1.29 is 0 Å². The lowest BCUT2D eigenvalue weighted by atomic mass is 10.2. The van der Waals surface area contributed by atoms with E-state index in [1.54, 1.807) is 0 Å². The maximum atomic E-state index is 8.68. The molecule has 0 bridgehead atoms. The summed E-state index contributed by atoms with van der Waals surface area (Å²) in [6.45, 7) is 8.71. The Morgan fingerprint density at radius 1 is 1.00 bits per heavy atom. The maximum absolute atomic E-state index is 8.68. The molecule has 0 aliphatic heterocycles. The second-order valence-electron chi connectivity index (χ2n) is 3.70. The summed E-state index contributed by atoms with van der Waals surface area (Å²) in [5, 5.41) is 17.4. The Hall–Kier alpha value is -0.590. The Morgan fingerprint density at radius 3 is 1.62 bits per heavy atom. The van der Waals surface area contributed by atoms with Crippen LogP contribution in [0.4, 0.5) is 0 Å². The molecule has 0 aliphatic carbocycles. The van der Waals surface area contributed by atoms with Gasteiger partial charge in [0.2, 0.25) is 0 Å². The number of hydrogen-bond acceptors (Lipinski definition) is 2. The van der Waals surface area contributed by atoms with Crippen molar-refractivity contribution in [1.29, 1.82) is 10.5 Å². The first-order valence-electron chi connectivity index (χ1n) is 4.57. The van der Waals surface area contributed by atoms with Gasteiger partial charge in [-0.15, -0.1) is 0 Å². The van der Waals surface area contributed by atoms with E-state index in [1.165, 1.54) is 0 Å². The monoisotopic (exact) mass is 196 g/mol. The molecular weight excluding hydrogens is 179 g/mol. The fraction of sp³-hybridized carbons (Fsp3) is 0.800. The zero-order chi connectivity index (χ0) is 10.4. The van der Waals surface area contributed by atoms with Gasteiger partial charge in [-0.25, -0.2) is 0 Å². The molecule has 0 amide bonds. The minimum absolute atomic E-state index is 0.175. The van der Waals surface area contributed by atoms with Gasteiger partial charge in [-0.05, 0) is 17.5 Å². The van der Waals surface area contributed by atoms with E-state index in [9.17, 15) is 0 Å². The van der Waals surface area contributed by atoms with Gasteiger partial charge < -0.3 is 0 Å². The Bertz CT molecular complexity index is 200. The van der Waals surface area contributed by atoms with E-state index in [2.05, 4.69) is 27.7 Å². The standard InChI is InChI=1S/C10H17N2P/c1-8(2)13(9(3)4)7-10(5-11)6-12/h8-10H,7H2,1-4H3. The molecule has 13 heavy (non-hydrogen) atoms. The van der Waals surface area contributed by atoms with Gasteiger partial charge in [-0.2, -0.15) is 10.5 Å². The van der Waals surface area contributed by atoms with Gasteiger partial charge in [0.25, 0.3) is 0 Å². The Kier molecular flexibility index (Phi) is 5.68. The van der Waals surface area contributed by atoms with Crippen LogP contribution in [0.3, 0.4) is 0 Å². The molecule has 0 spiro atoms. The van der Waals surface area contributed by atoms with E-state index in [-0.39, 0.29) is 7.92 Å². The molecule has 0 aliphatic rings. The smallest absolute Gasteiger partial charge is 0.137 e. The quantitative estimate of drug-likeness (QED) is 0.649. The molecule has 3 heteroatoms.